The molecule has 13 heavy (non-hydrogen) atoms. The molecule has 0 spiro atoms. The van der Waals surface area contributed by atoms with Crippen molar-refractivity contribution >= 4 is 7.14 Å². The molecular formula is C9H15N2OP. The maximum Gasteiger partial charge on any atom is 0.185 e. The fraction of sp³-hybridized carbons (Fsp3) is 0.778. The second kappa shape index (κ2) is 5.79. The van der Waals surface area contributed by atoms with Crippen LogP contribution in [0.3, 0.4) is 0 Å². The van der Waals surface area contributed by atoms with Gasteiger partial charge >= 0.3 is 0 Å². The van der Waals surface area contributed by atoms with Crippen molar-refractivity contribution in [1.82, 2.24) is 0 Å². The van der Waals surface area contributed by atoms with Crippen molar-refractivity contribution in [2.75, 3.05) is 12.3 Å². The highest BCUT2D eigenvalue weighted by Gasteiger charge is 2.30. The molecule has 0 aromatic heterocycles. The van der Waals surface area contributed by atoms with E-state index in [0.29, 0.717) is 12.3 Å². The Morgan fingerprint density at radius 2 is 1.85 bits per heavy atom. The van der Waals surface area contributed by atoms with Crippen molar-refractivity contribution in [3.8, 4) is 12.1 Å². The van der Waals surface area contributed by atoms with E-state index in [0.717, 1.165) is 12.8 Å². The van der Waals surface area contributed by atoms with E-state index < -0.39 is 12.8 Å². The standard InChI is InChI=1S/C9H15N2OP/c1-3-5-6-13(12,4-2)9(7-10)8-11/h9H,3-6H2,1-2H3. The van der Waals surface area contributed by atoms with Gasteiger partial charge in [-0.15, -0.1) is 0 Å². The number of nitriles is 2. The fourth-order valence-electron chi connectivity index (χ4n) is 1.13. The zero-order valence-electron chi connectivity index (χ0n) is 8.16. The van der Waals surface area contributed by atoms with E-state index in [2.05, 4.69) is 0 Å². The van der Waals surface area contributed by atoms with Crippen LogP contribution in [0.25, 0.3) is 0 Å². The second-order valence-electron chi connectivity index (χ2n) is 3.01. The Morgan fingerprint density at radius 3 is 2.15 bits per heavy atom. The van der Waals surface area contributed by atoms with Gasteiger partial charge in [-0.05, 0) is 6.42 Å². The Bertz CT molecular complexity index is 260. The predicted molar refractivity (Wildman–Crippen MR) is 52.9 cm³/mol. The van der Waals surface area contributed by atoms with Gasteiger partial charge in [0.25, 0.3) is 0 Å². The van der Waals surface area contributed by atoms with E-state index in [1.54, 1.807) is 6.92 Å². The summed E-state index contributed by atoms with van der Waals surface area (Å²) in [4.78, 5) is 0. The van der Waals surface area contributed by atoms with Crippen molar-refractivity contribution in [3.05, 3.63) is 0 Å². The third-order valence-corrected chi connectivity index (χ3v) is 5.46. The number of hydrogen-bond acceptors (Lipinski definition) is 3. The Hall–Kier alpha value is -0.790. The summed E-state index contributed by atoms with van der Waals surface area (Å²) in [6.07, 6.45) is 2.78. The number of unbranched alkanes of at least 4 members (excludes halogenated alkanes) is 1. The van der Waals surface area contributed by atoms with Crippen LogP contribution in [0.5, 0.6) is 0 Å². The monoisotopic (exact) mass is 198 g/mol. The molecule has 0 rings (SSSR count). The molecule has 1 unspecified atom stereocenters. The molecule has 0 saturated carbocycles. The molecule has 3 nitrogen and oxygen atoms in total. The van der Waals surface area contributed by atoms with Gasteiger partial charge in [0.2, 0.25) is 0 Å². The van der Waals surface area contributed by atoms with Crippen LogP contribution in [-0.4, -0.2) is 18.0 Å². The summed E-state index contributed by atoms with van der Waals surface area (Å²) in [7, 11) is -2.55. The molecule has 0 fully saturated rings. The number of hydrogen-bond donors (Lipinski definition) is 0. The summed E-state index contributed by atoms with van der Waals surface area (Å²) < 4.78 is 12.1. The number of nitrogens with zero attached hydrogens (tertiary/aromatic N) is 2. The summed E-state index contributed by atoms with van der Waals surface area (Å²) in [6, 6.07) is 3.66. The van der Waals surface area contributed by atoms with Crippen LogP contribution in [0.1, 0.15) is 26.7 Å². The summed E-state index contributed by atoms with van der Waals surface area (Å²) in [5.74, 6) is 0. The summed E-state index contributed by atoms with van der Waals surface area (Å²) in [5.41, 5.74) is -0.899. The summed E-state index contributed by atoms with van der Waals surface area (Å²) >= 11 is 0. The van der Waals surface area contributed by atoms with Crippen LogP contribution in [0.15, 0.2) is 0 Å². The Labute approximate surface area is 79.7 Å². The van der Waals surface area contributed by atoms with Crippen LogP contribution in [-0.2, 0) is 4.57 Å². The lowest BCUT2D eigenvalue weighted by atomic mass is 10.4. The highest BCUT2D eigenvalue weighted by Crippen LogP contribution is 2.50. The molecular weight excluding hydrogens is 183 g/mol. The molecule has 0 N–H and O–H groups in total. The van der Waals surface area contributed by atoms with Gasteiger partial charge < -0.3 is 4.57 Å². The number of rotatable bonds is 5. The first-order valence-electron chi connectivity index (χ1n) is 4.51. The predicted octanol–water partition coefficient (Wildman–Crippen LogP) is 2.59. The molecule has 0 saturated heterocycles. The molecule has 0 aliphatic carbocycles. The van der Waals surface area contributed by atoms with Gasteiger partial charge in [-0.2, -0.15) is 10.5 Å². The zero-order chi connectivity index (χ0) is 10.3. The third-order valence-electron chi connectivity index (χ3n) is 2.14. The van der Waals surface area contributed by atoms with Gasteiger partial charge in [0, 0.05) is 12.3 Å². The SMILES string of the molecule is CCCCP(=O)(CC)C(C#N)C#N. The maximum atomic E-state index is 12.1. The molecule has 0 amide bonds. The minimum atomic E-state index is -2.55. The lowest BCUT2D eigenvalue weighted by Gasteiger charge is -2.15. The van der Waals surface area contributed by atoms with Gasteiger partial charge in [0.15, 0.2) is 5.66 Å². The Kier molecular flexibility index (Phi) is 5.44. The molecule has 0 radical (unpaired) electrons. The smallest absolute Gasteiger partial charge is 0.185 e. The molecule has 0 aromatic rings. The molecule has 1 atom stereocenters. The normalized spacial score (nSPS) is 14.5. The second-order valence-corrected chi connectivity index (χ2v) is 6.51. The van der Waals surface area contributed by atoms with Gasteiger partial charge in [-0.3, -0.25) is 0 Å². The van der Waals surface area contributed by atoms with Gasteiger partial charge in [0.1, 0.15) is 7.14 Å². The van der Waals surface area contributed by atoms with E-state index in [4.69, 9.17) is 10.5 Å². The van der Waals surface area contributed by atoms with E-state index in [1.165, 1.54) is 0 Å². The van der Waals surface area contributed by atoms with Crippen LogP contribution in [0.4, 0.5) is 0 Å². The lowest BCUT2D eigenvalue weighted by molar-refractivity contribution is 0.572. The largest absolute Gasteiger partial charge is 0.321 e. The third kappa shape index (κ3) is 3.21. The van der Waals surface area contributed by atoms with Crippen LogP contribution in [0, 0.1) is 22.7 Å². The minimum Gasteiger partial charge on any atom is -0.321 e. The average Bonchev–Trinajstić information content (AvgIpc) is 2.16. The summed E-state index contributed by atoms with van der Waals surface area (Å²) in [6.45, 7) is 3.80. The van der Waals surface area contributed by atoms with E-state index in [-0.39, 0.29) is 0 Å². The van der Waals surface area contributed by atoms with Gasteiger partial charge in [-0.25, -0.2) is 0 Å². The molecule has 4 heteroatoms. The molecule has 0 aromatic carbocycles. The van der Waals surface area contributed by atoms with E-state index in [1.807, 2.05) is 19.1 Å². The van der Waals surface area contributed by atoms with Gasteiger partial charge in [-0.1, -0.05) is 20.3 Å². The molecule has 0 bridgehead atoms. The first-order valence-corrected chi connectivity index (χ1v) is 6.66. The van der Waals surface area contributed by atoms with Crippen LogP contribution < -0.4 is 0 Å². The van der Waals surface area contributed by atoms with Gasteiger partial charge in [0.05, 0.1) is 12.1 Å². The van der Waals surface area contributed by atoms with Crippen molar-refractivity contribution < 1.29 is 4.57 Å². The lowest BCUT2D eigenvalue weighted by Crippen LogP contribution is -2.08. The maximum absolute atomic E-state index is 12.1. The van der Waals surface area contributed by atoms with Crippen molar-refractivity contribution in [2.24, 2.45) is 0 Å². The van der Waals surface area contributed by atoms with E-state index in [9.17, 15) is 4.57 Å². The fourth-order valence-corrected chi connectivity index (χ4v) is 3.35. The minimum absolute atomic E-state index is 0.457. The Morgan fingerprint density at radius 1 is 1.31 bits per heavy atom. The molecule has 0 aliphatic rings. The van der Waals surface area contributed by atoms with Crippen molar-refractivity contribution in [1.29, 1.82) is 10.5 Å². The Balaban J connectivity index is 4.55. The van der Waals surface area contributed by atoms with Crippen LogP contribution >= 0.6 is 7.14 Å². The highest BCUT2D eigenvalue weighted by atomic mass is 31.2. The summed E-state index contributed by atoms with van der Waals surface area (Å²) in [5, 5.41) is 17.3. The average molecular weight is 198 g/mol. The molecule has 0 aliphatic heterocycles. The highest BCUT2D eigenvalue weighted by molar-refractivity contribution is 7.65. The zero-order valence-corrected chi connectivity index (χ0v) is 9.05. The van der Waals surface area contributed by atoms with Crippen molar-refractivity contribution in [2.45, 2.75) is 32.3 Å². The van der Waals surface area contributed by atoms with E-state index >= 15 is 0 Å². The molecule has 72 valence electrons. The topological polar surface area (TPSA) is 64.7 Å². The van der Waals surface area contributed by atoms with Crippen LogP contribution in [0.2, 0.25) is 0 Å². The van der Waals surface area contributed by atoms with Crippen molar-refractivity contribution in [3.63, 3.8) is 0 Å². The first kappa shape index (κ1) is 12.2. The molecule has 0 heterocycles. The first-order chi connectivity index (χ1) is 6.14. The quantitative estimate of drug-likeness (QED) is 0.637.